The van der Waals surface area contributed by atoms with Gasteiger partial charge < -0.3 is 17.2 Å². The third-order valence-corrected chi connectivity index (χ3v) is 3.99. The number of fused-ring (bicyclic) bond motifs is 1. The van der Waals surface area contributed by atoms with E-state index in [0.29, 0.717) is 3.92 Å². The number of halogens is 1. The van der Waals surface area contributed by atoms with E-state index < -0.39 is 0 Å². The molecule has 0 saturated carbocycles. The average molecular weight is 305 g/mol. The molecule has 0 aliphatic heterocycles. The maximum absolute atomic E-state index is 6.36. The summed E-state index contributed by atoms with van der Waals surface area (Å²) in [6, 6.07) is 0.0480. The number of allylic oxidation sites excluding steroid dienone is 1. The van der Waals surface area contributed by atoms with Gasteiger partial charge in [-0.05, 0) is 18.4 Å². The van der Waals surface area contributed by atoms with Crippen LogP contribution in [0.3, 0.4) is 0 Å². The van der Waals surface area contributed by atoms with Crippen LogP contribution in [0.4, 0.5) is 0 Å². The molecular formula is C10H16IN3. The van der Waals surface area contributed by atoms with E-state index in [-0.39, 0.29) is 17.6 Å². The summed E-state index contributed by atoms with van der Waals surface area (Å²) < 4.78 is 0.482. The molecule has 4 atom stereocenters. The van der Waals surface area contributed by atoms with Crippen molar-refractivity contribution in [2.24, 2.45) is 17.2 Å². The van der Waals surface area contributed by atoms with Gasteiger partial charge in [-0.1, -0.05) is 40.8 Å². The first-order valence-corrected chi connectivity index (χ1v) is 6.11. The molecular weight excluding hydrogens is 289 g/mol. The van der Waals surface area contributed by atoms with Gasteiger partial charge in [0.2, 0.25) is 0 Å². The first-order chi connectivity index (χ1) is 6.52. The zero-order valence-corrected chi connectivity index (χ0v) is 10.1. The Morgan fingerprint density at radius 1 is 1.43 bits per heavy atom. The van der Waals surface area contributed by atoms with Gasteiger partial charge in [0.1, 0.15) is 0 Å². The molecule has 0 radical (unpaired) electrons. The van der Waals surface area contributed by atoms with Crippen LogP contribution in [-0.2, 0) is 0 Å². The van der Waals surface area contributed by atoms with E-state index in [9.17, 15) is 0 Å². The summed E-state index contributed by atoms with van der Waals surface area (Å²) in [6.07, 6.45) is 8.02. The van der Waals surface area contributed by atoms with Gasteiger partial charge in [0.05, 0.1) is 5.54 Å². The Hall–Kier alpha value is 0.0900. The second-order valence-corrected chi connectivity index (χ2v) is 5.85. The number of hydrogen-bond donors (Lipinski definition) is 3. The summed E-state index contributed by atoms with van der Waals surface area (Å²) in [4.78, 5) is 0. The molecule has 2 rings (SSSR count). The Balaban J connectivity index is 2.39. The van der Waals surface area contributed by atoms with Crippen LogP contribution in [0.15, 0.2) is 23.8 Å². The van der Waals surface area contributed by atoms with Crippen molar-refractivity contribution in [1.82, 2.24) is 0 Å². The van der Waals surface area contributed by atoms with Crippen LogP contribution < -0.4 is 17.2 Å². The first kappa shape index (κ1) is 10.6. The standard InChI is InChI=1S/C10H16IN3/c11-7-2-1-6-3-8(12)4-9(13)10(6,14)5-7/h1-3,7-9H,4-5,12-14H2. The van der Waals surface area contributed by atoms with Crippen LogP contribution in [0.25, 0.3) is 0 Å². The lowest BCUT2D eigenvalue weighted by molar-refractivity contribution is 0.337. The molecule has 2 aliphatic carbocycles. The van der Waals surface area contributed by atoms with Crippen LogP contribution in [0.5, 0.6) is 0 Å². The molecule has 6 N–H and O–H groups in total. The SMILES string of the molecule is NC1C=C2C=CC(I)CC2(N)C(N)C1. The van der Waals surface area contributed by atoms with Gasteiger partial charge in [0, 0.05) is 16.0 Å². The molecule has 0 aromatic heterocycles. The second kappa shape index (κ2) is 3.59. The maximum Gasteiger partial charge on any atom is 0.0574 e. The molecule has 0 bridgehead atoms. The minimum Gasteiger partial charge on any atom is -0.326 e. The fourth-order valence-electron chi connectivity index (χ4n) is 2.25. The van der Waals surface area contributed by atoms with Crippen molar-refractivity contribution in [3.8, 4) is 0 Å². The van der Waals surface area contributed by atoms with Crippen molar-refractivity contribution in [3.05, 3.63) is 23.8 Å². The molecule has 0 amide bonds. The molecule has 0 heterocycles. The quantitative estimate of drug-likeness (QED) is 0.449. The largest absolute Gasteiger partial charge is 0.326 e. The molecule has 78 valence electrons. The molecule has 4 unspecified atom stereocenters. The van der Waals surface area contributed by atoms with Gasteiger partial charge in [-0.2, -0.15) is 0 Å². The molecule has 3 nitrogen and oxygen atoms in total. The molecule has 0 saturated heterocycles. The summed E-state index contributed by atoms with van der Waals surface area (Å²) in [7, 11) is 0. The highest BCUT2D eigenvalue weighted by molar-refractivity contribution is 14.1. The van der Waals surface area contributed by atoms with Crippen LogP contribution in [0, 0.1) is 0 Å². The highest BCUT2D eigenvalue weighted by atomic mass is 127. The highest BCUT2D eigenvalue weighted by Gasteiger charge is 2.41. The van der Waals surface area contributed by atoms with Crippen molar-refractivity contribution in [1.29, 1.82) is 0 Å². The zero-order chi connectivity index (χ0) is 10.3. The molecule has 0 aromatic carbocycles. The van der Waals surface area contributed by atoms with E-state index in [2.05, 4.69) is 40.8 Å². The Morgan fingerprint density at radius 3 is 2.86 bits per heavy atom. The van der Waals surface area contributed by atoms with Crippen molar-refractivity contribution < 1.29 is 0 Å². The predicted octanol–water partition coefficient (Wildman–Crippen LogP) is 0.432. The lowest BCUT2D eigenvalue weighted by Crippen LogP contribution is -2.62. The van der Waals surface area contributed by atoms with Gasteiger partial charge >= 0.3 is 0 Å². The molecule has 4 heteroatoms. The van der Waals surface area contributed by atoms with Crippen LogP contribution >= 0.6 is 22.6 Å². The van der Waals surface area contributed by atoms with Gasteiger partial charge in [-0.3, -0.25) is 0 Å². The fraction of sp³-hybridized carbons (Fsp3) is 0.600. The Kier molecular flexibility index (Phi) is 2.72. The summed E-state index contributed by atoms with van der Waals surface area (Å²) in [5, 5.41) is 0. The van der Waals surface area contributed by atoms with E-state index in [1.165, 1.54) is 0 Å². The minimum absolute atomic E-state index is 0.0142. The smallest absolute Gasteiger partial charge is 0.0574 e. The number of rotatable bonds is 0. The summed E-state index contributed by atoms with van der Waals surface area (Å²) in [6.45, 7) is 0. The fourth-order valence-corrected chi connectivity index (χ4v) is 3.19. The monoisotopic (exact) mass is 305 g/mol. The van der Waals surface area contributed by atoms with Crippen molar-refractivity contribution >= 4 is 22.6 Å². The summed E-state index contributed by atoms with van der Waals surface area (Å²) in [5.41, 5.74) is 19.1. The summed E-state index contributed by atoms with van der Waals surface area (Å²) >= 11 is 2.39. The lowest BCUT2D eigenvalue weighted by atomic mass is 9.71. The molecule has 2 aliphatic rings. The minimum atomic E-state index is -0.351. The normalized spacial score (nSPS) is 47.1. The van der Waals surface area contributed by atoms with E-state index in [4.69, 9.17) is 17.2 Å². The van der Waals surface area contributed by atoms with E-state index in [1.54, 1.807) is 0 Å². The molecule has 0 aromatic rings. The Bertz CT molecular complexity index is 300. The average Bonchev–Trinajstić information content (AvgIpc) is 2.08. The highest BCUT2D eigenvalue weighted by Crippen LogP contribution is 2.36. The van der Waals surface area contributed by atoms with Crippen molar-refractivity contribution in [2.45, 2.75) is 34.4 Å². The van der Waals surface area contributed by atoms with E-state index >= 15 is 0 Å². The lowest BCUT2D eigenvalue weighted by Gasteiger charge is -2.44. The molecule has 14 heavy (non-hydrogen) atoms. The van der Waals surface area contributed by atoms with Crippen LogP contribution in [0.2, 0.25) is 0 Å². The van der Waals surface area contributed by atoms with Gasteiger partial charge in [-0.15, -0.1) is 0 Å². The Labute approximate surface area is 97.9 Å². The number of alkyl halides is 1. The van der Waals surface area contributed by atoms with Crippen LogP contribution in [0.1, 0.15) is 12.8 Å². The topological polar surface area (TPSA) is 78.1 Å². The van der Waals surface area contributed by atoms with Crippen molar-refractivity contribution in [2.75, 3.05) is 0 Å². The first-order valence-electron chi connectivity index (χ1n) is 4.87. The maximum atomic E-state index is 6.36. The predicted molar refractivity (Wildman–Crippen MR) is 67.1 cm³/mol. The van der Waals surface area contributed by atoms with Gasteiger partial charge in [0.15, 0.2) is 0 Å². The third kappa shape index (κ3) is 1.64. The Morgan fingerprint density at radius 2 is 2.14 bits per heavy atom. The second-order valence-electron chi connectivity index (χ2n) is 4.25. The third-order valence-electron chi connectivity index (χ3n) is 3.14. The molecule has 0 spiro atoms. The number of hydrogen-bond acceptors (Lipinski definition) is 3. The van der Waals surface area contributed by atoms with Crippen molar-refractivity contribution in [3.63, 3.8) is 0 Å². The van der Waals surface area contributed by atoms with E-state index in [1.807, 2.05) is 0 Å². The van der Waals surface area contributed by atoms with Crippen LogP contribution in [-0.4, -0.2) is 21.5 Å². The zero-order valence-electron chi connectivity index (χ0n) is 7.99. The summed E-state index contributed by atoms with van der Waals surface area (Å²) in [5.74, 6) is 0. The molecule has 0 fully saturated rings. The van der Waals surface area contributed by atoms with E-state index in [0.717, 1.165) is 18.4 Å². The van der Waals surface area contributed by atoms with Gasteiger partial charge in [0.25, 0.3) is 0 Å². The van der Waals surface area contributed by atoms with Gasteiger partial charge in [-0.25, -0.2) is 0 Å². The number of nitrogens with two attached hydrogens (primary N) is 3.